The van der Waals surface area contributed by atoms with Crippen molar-refractivity contribution < 1.29 is 14.6 Å². The number of esters is 1. The quantitative estimate of drug-likeness (QED) is 0.300. The Labute approximate surface area is 218 Å². The molecule has 3 saturated carbocycles. The molecule has 3 rings (SSSR count). The number of ether oxygens (including phenoxy) is 1. The maximum Gasteiger partial charge on any atom is 0.306 e. The van der Waals surface area contributed by atoms with Crippen LogP contribution in [0.5, 0.6) is 0 Å². The topological polar surface area (TPSA) is 46.5 Å². The van der Waals surface area contributed by atoms with E-state index in [0.717, 1.165) is 31.4 Å². The lowest BCUT2D eigenvalue weighted by Crippen LogP contribution is -2.59. The third-order valence-electron chi connectivity index (χ3n) is 12.1. The van der Waals surface area contributed by atoms with Crippen molar-refractivity contribution in [2.24, 2.45) is 40.4 Å². The minimum absolute atomic E-state index is 0.0208. The molecule has 3 unspecified atom stereocenters. The van der Waals surface area contributed by atoms with Crippen LogP contribution in [0.25, 0.3) is 0 Å². The van der Waals surface area contributed by atoms with E-state index in [1.807, 2.05) is 20.8 Å². The number of aliphatic hydroxyl groups is 1. The van der Waals surface area contributed by atoms with Gasteiger partial charge in [-0.05, 0) is 105 Å². The van der Waals surface area contributed by atoms with E-state index in [4.69, 9.17) is 4.74 Å². The van der Waals surface area contributed by atoms with E-state index < -0.39 is 13.7 Å². The van der Waals surface area contributed by atoms with Gasteiger partial charge in [0.1, 0.15) is 5.60 Å². The second-order valence-corrected chi connectivity index (χ2v) is 20.5. The fraction of sp³-hybridized carbons (Fsp3) is 0.968. The number of fused-ring (bicyclic) bond motifs is 3. The Bertz CT molecular complexity index is 751. The first-order chi connectivity index (χ1) is 16.0. The number of carbonyl (C=O) groups is 1. The van der Waals surface area contributed by atoms with Crippen molar-refractivity contribution in [2.45, 2.75) is 150 Å². The van der Waals surface area contributed by atoms with Crippen molar-refractivity contribution in [3.05, 3.63) is 0 Å². The van der Waals surface area contributed by atoms with Gasteiger partial charge in [0, 0.05) is 5.54 Å². The average molecular weight is 507 g/mol. The fourth-order valence-electron chi connectivity index (χ4n) is 9.79. The van der Waals surface area contributed by atoms with Gasteiger partial charge in [0.25, 0.3) is 0 Å². The molecule has 3 nitrogen and oxygen atoms in total. The van der Waals surface area contributed by atoms with E-state index in [0.29, 0.717) is 35.1 Å². The Hall–Kier alpha value is -0.353. The molecule has 3 aliphatic rings. The second kappa shape index (κ2) is 10.1. The Morgan fingerprint density at radius 1 is 0.971 bits per heavy atom. The molecule has 0 spiro atoms. The van der Waals surface area contributed by atoms with Gasteiger partial charge in [-0.25, -0.2) is 0 Å². The number of hydrogen-bond donors (Lipinski definition) is 1. The molecule has 0 aliphatic heterocycles. The van der Waals surface area contributed by atoms with Crippen molar-refractivity contribution in [1.82, 2.24) is 0 Å². The second-order valence-electron chi connectivity index (χ2n) is 15.0. The first-order valence-electron chi connectivity index (χ1n) is 15.0. The highest BCUT2D eigenvalue weighted by Gasteiger charge is 2.60. The number of rotatable bonds is 5. The van der Waals surface area contributed by atoms with E-state index in [-0.39, 0.29) is 28.4 Å². The van der Waals surface area contributed by atoms with Gasteiger partial charge in [-0.15, -0.1) is 0 Å². The third-order valence-corrected chi connectivity index (χ3v) is 18.8. The smallest absolute Gasteiger partial charge is 0.306 e. The number of carbonyl (C=O) groups excluding carboxylic acids is 1. The number of hydrogen-bond acceptors (Lipinski definition) is 3. The van der Waals surface area contributed by atoms with Crippen LogP contribution in [-0.4, -0.2) is 30.9 Å². The van der Waals surface area contributed by atoms with Crippen molar-refractivity contribution >= 4 is 14.0 Å². The third kappa shape index (κ3) is 5.06. The summed E-state index contributed by atoms with van der Waals surface area (Å²) in [5.41, 5.74) is 0.517. The monoisotopic (exact) mass is 506 g/mol. The van der Waals surface area contributed by atoms with Gasteiger partial charge in [0.2, 0.25) is 0 Å². The van der Waals surface area contributed by atoms with Gasteiger partial charge in [-0.3, -0.25) is 4.79 Å². The van der Waals surface area contributed by atoms with Gasteiger partial charge >= 0.3 is 5.97 Å². The fourth-order valence-corrected chi connectivity index (χ4v) is 15.9. The summed E-state index contributed by atoms with van der Waals surface area (Å²) in [7, 11) is -2.01. The molecule has 3 fully saturated rings. The maximum atomic E-state index is 13.6. The molecule has 2 bridgehead atoms. The summed E-state index contributed by atoms with van der Waals surface area (Å²) in [6.45, 7) is 25.5. The van der Waals surface area contributed by atoms with Crippen LogP contribution < -0.4 is 0 Å². The molecule has 204 valence electrons. The highest BCUT2D eigenvalue weighted by atomic mass is 28.3. The van der Waals surface area contributed by atoms with Crippen LogP contribution in [0.15, 0.2) is 0 Å². The lowest BCUT2D eigenvalue weighted by molar-refractivity contribution is -0.154. The zero-order chi connectivity index (χ0) is 26.6. The summed E-state index contributed by atoms with van der Waals surface area (Å²) >= 11 is 0. The van der Waals surface area contributed by atoms with Crippen LogP contribution in [0.4, 0.5) is 0 Å². The van der Waals surface area contributed by atoms with Gasteiger partial charge in [-0.2, -0.15) is 0 Å². The average Bonchev–Trinajstić information content (AvgIpc) is 2.74. The molecular weight excluding hydrogens is 448 g/mol. The summed E-state index contributed by atoms with van der Waals surface area (Å²) in [6, 6.07) is 2.30. The maximum absolute atomic E-state index is 13.6. The van der Waals surface area contributed by atoms with Crippen LogP contribution >= 0.6 is 0 Å². The Morgan fingerprint density at radius 3 is 2.11 bits per heavy atom. The van der Waals surface area contributed by atoms with Crippen molar-refractivity contribution in [2.75, 3.05) is 0 Å². The standard InChI is InChI=1S/C31H58O3Si/c1-12-35(13-2,22(5)28(33)34-29(6,7)8)26-18-21(4)23-16-17-31(11)24(19-25(26)30(23,9)10)20(3)14-15-27(31)32/h20-27,32H,12-19H2,1-11H3/t20-,21-,22?,23+,24-,25-,26?,27?,31+/m1/s1. The van der Waals surface area contributed by atoms with Gasteiger partial charge in [0.15, 0.2) is 0 Å². The van der Waals surface area contributed by atoms with Crippen LogP contribution in [-0.2, 0) is 9.53 Å². The first kappa shape index (κ1) is 29.2. The summed E-state index contributed by atoms with van der Waals surface area (Å²) < 4.78 is 6.02. The minimum Gasteiger partial charge on any atom is -0.460 e. The summed E-state index contributed by atoms with van der Waals surface area (Å²) in [5.74, 6) is 3.27. The molecule has 9 atom stereocenters. The zero-order valence-electron chi connectivity index (χ0n) is 25.0. The van der Waals surface area contributed by atoms with Crippen LogP contribution in [0, 0.1) is 40.4 Å². The van der Waals surface area contributed by atoms with E-state index in [2.05, 4.69) is 55.4 Å². The molecule has 35 heavy (non-hydrogen) atoms. The predicted molar refractivity (Wildman–Crippen MR) is 150 cm³/mol. The van der Waals surface area contributed by atoms with Crippen LogP contribution in [0.3, 0.4) is 0 Å². The first-order valence-corrected chi connectivity index (χ1v) is 17.5. The molecule has 1 N–H and O–H groups in total. The molecule has 0 aromatic rings. The van der Waals surface area contributed by atoms with Gasteiger partial charge < -0.3 is 9.84 Å². The van der Waals surface area contributed by atoms with Crippen LogP contribution in [0.2, 0.25) is 23.2 Å². The largest absolute Gasteiger partial charge is 0.460 e. The van der Waals surface area contributed by atoms with Crippen molar-refractivity contribution in [1.29, 1.82) is 0 Å². The molecule has 0 aromatic carbocycles. The molecule has 0 heterocycles. The molecule has 0 saturated heterocycles. The summed E-state index contributed by atoms with van der Waals surface area (Å²) in [5, 5.41) is 11.3. The Morgan fingerprint density at radius 2 is 1.57 bits per heavy atom. The van der Waals surface area contributed by atoms with Gasteiger partial charge in [-0.1, -0.05) is 67.5 Å². The lowest BCUT2D eigenvalue weighted by Gasteiger charge is -2.63. The van der Waals surface area contributed by atoms with Crippen molar-refractivity contribution in [3.8, 4) is 0 Å². The van der Waals surface area contributed by atoms with E-state index in [1.54, 1.807) is 0 Å². The highest BCUT2D eigenvalue weighted by molar-refractivity contribution is 6.85. The van der Waals surface area contributed by atoms with Crippen molar-refractivity contribution in [3.63, 3.8) is 0 Å². The molecule has 0 aromatic heterocycles. The molecule has 4 heteroatoms. The number of aliphatic hydroxyl groups excluding tert-OH is 1. The SMILES string of the molecule is CC[Si](CC)(C(C)C(=O)OC(C)(C)C)C1C[C@@H](C)[C@@H]2CC[C@]3(C)C(O)CC[C@@H](C)[C@H]3C[C@H]1C2(C)C. The van der Waals surface area contributed by atoms with E-state index in [1.165, 1.54) is 19.3 Å². The van der Waals surface area contributed by atoms with Gasteiger partial charge in [0.05, 0.1) is 14.2 Å². The Kier molecular flexibility index (Phi) is 8.41. The minimum atomic E-state index is -2.01. The predicted octanol–water partition coefficient (Wildman–Crippen LogP) is 8.47. The van der Waals surface area contributed by atoms with E-state index in [9.17, 15) is 9.90 Å². The summed E-state index contributed by atoms with van der Waals surface area (Å²) in [6.07, 6.45) is 6.85. The summed E-state index contributed by atoms with van der Waals surface area (Å²) in [4.78, 5) is 13.6. The van der Waals surface area contributed by atoms with Crippen LogP contribution in [0.1, 0.15) is 115 Å². The Balaban J connectivity index is 2.09. The zero-order valence-corrected chi connectivity index (χ0v) is 26.0. The molecule has 0 amide bonds. The highest BCUT2D eigenvalue weighted by Crippen LogP contribution is 2.66. The molecule has 0 radical (unpaired) electrons. The van der Waals surface area contributed by atoms with E-state index >= 15 is 0 Å². The lowest BCUT2D eigenvalue weighted by atomic mass is 9.48. The molecular formula is C31H58O3Si. The molecule has 3 aliphatic carbocycles. The normalized spacial score (nSPS) is 40.7.